The number of aromatic nitrogens is 3. The molecule has 2 N–H and O–H groups in total. The predicted octanol–water partition coefficient (Wildman–Crippen LogP) is -0.889. The van der Waals surface area contributed by atoms with Crippen molar-refractivity contribution < 1.29 is 9.53 Å². The number of hydrogen-bond donors (Lipinski definition) is 2. The Balaban J connectivity index is 1.56. The highest BCUT2D eigenvalue weighted by atomic mass is 16.5. The zero-order valence-corrected chi connectivity index (χ0v) is 17.9. The van der Waals surface area contributed by atoms with Crippen molar-refractivity contribution in [1.29, 1.82) is 0 Å². The first kappa shape index (κ1) is 21.5. The summed E-state index contributed by atoms with van der Waals surface area (Å²) in [5.41, 5.74) is 0. The van der Waals surface area contributed by atoms with Crippen LogP contribution in [-0.4, -0.2) is 103 Å². The molecule has 2 aliphatic heterocycles. The highest BCUT2D eigenvalue weighted by Gasteiger charge is 2.22. The number of amides is 1. The minimum absolute atomic E-state index is 0.0194. The number of hydrogen-bond acceptors (Lipinski definition) is 6. The minimum Gasteiger partial charge on any atom is -0.379 e. The Hall–Kier alpha value is -2.20. The van der Waals surface area contributed by atoms with Gasteiger partial charge in [0.1, 0.15) is 12.4 Å². The molecule has 1 fully saturated rings. The topological polar surface area (TPSA) is 99.9 Å². The van der Waals surface area contributed by atoms with E-state index in [1.165, 1.54) is 0 Å². The summed E-state index contributed by atoms with van der Waals surface area (Å²) in [6, 6.07) is 0.206. The number of aliphatic imine (C=N–C) groups is 1. The molecule has 162 valence electrons. The van der Waals surface area contributed by atoms with Crippen molar-refractivity contribution >= 4 is 11.9 Å². The van der Waals surface area contributed by atoms with Gasteiger partial charge in [0, 0.05) is 59.2 Å². The Morgan fingerprint density at radius 1 is 1.34 bits per heavy atom. The van der Waals surface area contributed by atoms with Crippen LogP contribution in [0.15, 0.2) is 4.99 Å². The lowest BCUT2D eigenvalue weighted by atomic mass is 10.1. The van der Waals surface area contributed by atoms with Crippen LogP contribution in [0.5, 0.6) is 0 Å². The Bertz CT molecular complexity index is 696. The van der Waals surface area contributed by atoms with Gasteiger partial charge in [-0.25, -0.2) is 14.7 Å². The second-order valence-electron chi connectivity index (χ2n) is 7.69. The molecule has 0 aromatic carbocycles. The summed E-state index contributed by atoms with van der Waals surface area (Å²) < 4.78 is 7.40. The van der Waals surface area contributed by atoms with Crippen LogP contribution in [0.1, 0.15) is 25.0 Å². The summed E-state index contributed by atoms with van der Waals surface area (Å²) in [6.45, 7) is 8.14. The van der Waals surface area contributed by atoms with E-state index in [0.29, 0.717) is 5.96 Å². The Kier molecular flexibility index (Phi) is 7.82. The van der Waals surface area contributed by atoms with E-state index in [2.05, 4.69) is 37.5 Å². The molecule has 1 aromatic rings. The summed E-state index contributed by atoms with van der Waals surface area (Å²) in [6.07, 6.45) is 2.70. The van der Waals surface area contributed by atoms with Crippen LogP contribution < -0.4 is 10.6 Å². The third-order valence-corrected chi connectivity index (χ3v) is 5.25. The molecule has 1 amide bonds. The third-order valence-electron chi connectivity index (χ3n) is 5.25. The molecule has 10 nitrogen and oxygen atoms in total. The first-order valence-corrected chi connectivity index (χ1v) is 10.5. The van der Waals surface area contributed by atoms with Gasteiger partial charge in [-0.3, -0.25) is 9.69 Å². The molecular weight excluding hydrogens is 372 g/mol. The molecule has 1 saturated heterocycles. The minimum atomic E-state index is -0.0194. The lowest BCUT2D eigenvalue weighted by molar-refractivity contribution is -0.127. The smallest absolute Gasteiger partial charge is 0.243 e. The van der Waals surface area contributed by atoms with E-state index in [4.69, 9.17) is 4.74 Å². The van der Waals surface area contributed by atoms with Gasteiger partial charge in [0.25, 0.3) is 0 Å². The fourth-order valence-electron chi connectivity index (χ4n) is 3.42. The van der Waals surface area contributed by atoms with Gasteiger partial charge in [0.15, 0.2) is 11.8 Å². The maximum absolute atomic E-state index is 12.0. The molecule has 10 heteroatoms. The lowest BCUT2D eigenvalue weighted by Gasteiger charge is -2.28. The zero-order chi connectivity index (χ0) is 20.6. The number of morpholine rings is 1. The summed E-state index contributed by atoms with van der Waals surface area (Å²) >= 11 is 0. The van der Waals surface area contributed by atoms with Crippen molar-refractivity contribution in [1.82, 2.24) is 35.2 Å². The van der Waals surface area contributed by atoms with E-state index < -0.39 is 0 Å². The third kappa shape index (κ3) is 6.40. The quantitative estimate of drug-likeness (QED) is 0.448. The molecule has 29 heavy (non-hydrogen) atoms. The number of aryl methyl sites for hydroxylation is 2. The van der Waals surface area contributed by atoms with Crippen LogP contribution in [-0.2, 0) is 28.9 Å². The molecule has 2 aliphatic rings. The van der Waals surface area contributed by atoms with Gasteiger partial charge >= 0.3 is 0 Å². The van der Waals surface area contributed by atoms with Crippen LogP contribution in [0.25, 0.3) is 0 Å². The van der Waals surface area contributed by atoms with Gasteiger partial charge in [-0.15, -0.1) is 0 Å². The standard InChI is InChI=1S/C19H34N8O2/c1-4-16-23-17-6-5-15(14-27(17)24-16)22-19(21-13-18(28)25(2)3)20-7-8-26-9-11-29-12-10-26/h15H,4-14H2,1-3H3,(H2,20,21,22). The first-order valence-electron chi connectivity index (χ1n) is 10.5. The number of fused-ring (bicyclic) bond motifs is 1. The molecule has 3 heterocycles. The molecule has 0 bridgehead atoms. The fraction of sp³-hybridized carbons (Fsp3) is 0.789. The second kappa shape index (κ2) is 10.5. The first-order chi connectivity index (χ1) is 14.0. The number of likely N-dealkylation sites (N-methyl/N-ethyl adjacent to an activating group) is 1. The van der Waals surface area contributed by atoms with Crippen molar-refractivity contribution in [3.8, 4) is 0 Å². The van der Waals surface area contributed by atoms with Crippen molar-refractivity contribution in [2.75, 3.05) is 60.0 Å². The average Bonchev–Trinajstić information content (AvgIpc) is 3.14. The normalized spacial score (nSPS) is 20.2. The summed E-state index contributed by atoms with van der Waals surface area (Å²) in [5, 5.41) is 11.5. The van der Waals surface area contributed by atoms with Gasteiger partial charge in [-0.1, -0.05) is 6.92 Å². The number of nitrogens with one attached hydrogen (secondary N) is 2. The monoisotopic (exact) mass is 406 g/mol. The Labute approximate surface area is 172 Å². The van der Waals surface area contributed by atoms with Crippen molar-refractivity contribution in [3.05, 3.63) is 11.6 Å². The van der Waals surface area contributed by atoms with Gasteiger partial charge in [-0.05, 0) is 6.42 Å². The average molecular weight is 407 g/mol. The predicted molar refractivity (Wildman–Crippen MR) is 111 cm³/mol. The maximum atomic E-state index is 12.0. The summed E-state index contributed by atoms with van der Waals surface area (Å²) in [4.78, 5) is 25.0. The molecule has 1 atom stereocenters. The van der Waals surface area contributed by atoms with E-state index in [1.54, 1.807) is 19.0 Å². The van der Waals surface area contributed by atoms with E-state index in [9.17, 15) is 4.79 Å². The van der Waals surface area contributed by atoms with E-state index in [1.807, 2.05) is 4.68 Å². The molecule has 1 aromatic heterocycles. The number of carbonyl (C=O) groups excluding carboxylic acids is 1. The molecule has 0 spiro atoms. The second-order valence-corrected chi connectivity index (χ2v) is 7.69. The van der Waals surface area contributed by atoms with Gasteiger partial charge in [0.2, 0.25) is 5.91 Å². The molecular formula is C19H34N8O2. The lowest BCUT2D eigenvalue weighted by Crippen LogP contribution is -2.49. The molecule has 3 rings (SSSR count). The fourth-order valence-corrected chi connectivity index (χ4v) is 3.42. The Morgan fingerprint density at radius 2 is 2.14 bits per heavy atom. The SMILES string of the molecule is CCc1nc2n(n1)CC(NC(=NCC(=O)N(C)C)NCCN1CCOCC1)CC2. The van der Waals surface area contributed by atoms with Gasteiger partial charge in [-0.2, -0.15) is 5.10 Å². The van der Waals surface area contributed by atoms with Crippen LogP contribution in [0, 0.1) is 0 Å². The highest BCUT2D eigenvalue weighted by Crippen LogP contribution is 2.13. The van der Waals surface area contributed by atoms with Crippen LogP contribution in [0.4, 0.5) is 0 Å². The molecule has 0 saturated carbocycles. The zero-order valence-electron chi connectivity index (χ0n) is 17.9. The molecule has 1 unspecified atom stereocenters. The van der Waals surface area contributed by atoms with E-state index in [0.717, 1.165) is 76.8 Å². The van der Waals surface area contributed by atoms with Crippen molar-refractivity contribution in [3.63, 3.8) is 0 Å². The number of guanidine groups is 1. The Morgan fingerprint density at radius 3 is 2.86 bits per heavy atom. The van der Waals surface area contributed by atoms with Gasteiger partial charge < -0.3 is 20.3 Å². The van der Waals surface area contributed by atoms with E-state index in [-0.39, 0.29) is 18.5 Å². The van der Waals surface area contributed by atoms with Crippen LogP contribution >= 0.6 is 0 Å². The number of nitrogens with zero attached hydrogens (tertiary/aromatic N) is 6. The number of carbonyl (C=O) groups is 1. The maximum Gasteiger partial charge on any atom is 0.243 e. The number of rotatable bonds is 7. The van der Waals surface area contributed by atoms with Crippen molar-refractivity contribution in [2.45, 2.75) is 38.8 Å². The largest absolute Gasteiger partial charge is 0.379 e. The van der Waals surface area contributed by atoms with Crippen molar-refractivity contribution in [2.24, 2.45) is 4.99 Å². The molecule has 0 aliphatic carbocycles. The summed E-state index contributed by atoms with van der Waals surface area (Å²) in [5.74, 6) is 2.61. The van der Waals surface area contributed by atoms with Crippen LogP contribution in [0.2, 0.25) is 0 Å². The number of ether oxygens (including phenoxy) is 1. The van der Waals surface area contributed by atoms with Crippen LogP contribution in [0.3, 0.4) is 0 Å². The van der Waals surface area contributed by atoms with Gasteiger partial charge in [0.05, 0.1) is 19.8 Å². The highest BCUT2D eigenvalue weighted by molar-refractivity contribution is 5.84. The summed E-state index contributed by atoms with van der Waals surface area (Å²) in [7, 11) is 3.49. The molecule has 0 radical (unpaired) electrons. The van der Waals surface area contributed by atoms with E-state index >= 15 is 0 Å².